The highest BCUT2D eigenvalue weighted by Crippen LogP contribution is 2.37. The molecule has 1 aliphatic heterocycles. The van der Waals surface area contributed by atoms with Crippen LogP contribution in [0.4, 0.5) is 0 Å². The summed E-state index contributed by atoms with van der Waals surface area (Å²) in [5, 5.41) is 13.1. The van der Waals surface area contributed by atoms with Crippen molar-refractivity contribution in [1.29, 1.82) is 0 Å². The molecule has 0 saturated heterocycles. The van der Waals surface area contributed by atoms with E-state index >= 15 is 0 Å². The molecule has 3 aromatic carbocycles. The lowest BCUT2D eigenvalue weighted by atomic mass is 9.80. The maximum atomic E-state index is 13.8. The summed E-state index contributed by atoms with van der Waals surface area (Å²) in [6, 6.07) is 22.6. The second-order valence-corrected chi connectivity index (χ2v) is 12.3. The van der Waals surface area contributed by atoms with Gasteiger partial charge in [0.15, 0.2) is 0 Å². The highest BCUT2D eigenvalue weighted by Gasteiger charge is 2.40. The van der Waals surface area contributed by atoms with Gasteiger partial charge in [0.25, 0.3) is 15.9 Å². The molecule has 0 spiro atoms. The van der Waals surface area contributed by atoms with Crippen molar-refractivity contribution >= 4 is 21.8 Å². The number of sulfonamides is 1. The summed E-state index contributed by atoms with van der Waals surface area (Å²) in [5.41, 5.74) is 2.56. The van der Waals surface area contributed by atoms with Crippen molar-refractivity contribution in [3.8, 4) is 0 Å². The van der Waals surface area contributed by atoms with E-state index in [4.69, 9.17) is 0 Å². The topological polar surface area (TPSA) is 104 Å². The van der Waals surface area contributed by atoms with Crippen molar-refractivity contribution in [2.24, 2.45) is 5.92 Å². The zero-order valence-electron chi connectivity index (χ0n) is 21.8. The Kier molecular flexibility index (Phi) is 8.14. The van der Waals surface area contributed by atoms with E-state index in [0.717, 1.165) is 54.0 Å². The number of amides is 2. The number of rotatable bonds is 8. The van der Waals surface area contributed by atoms with E-state index in [1.165, 1.54) is 12.1 Å². The lowest BCUT2D eigenvalue weighted by Gasteiger charge is -2.28. The molecule has 1 fully saturated rings. The van der Waals surface area contributed by atoms with Gasteiger partial charge in [0.2, 0.25) is 5.91 Å². The lowest BCUT2D eigenvalue weighted by molar-refractivity contribution is -0.125. The van der Waals surface area contributed by atoms with Crippen LogP contribution in [0.3, 0.4) is 0 Å². The van der Waals surface area contributed by atoms with Crippen LogP contribution in [-0.2, 0) is 21.4 Å². The van der Waals surface area contributed by atoms with Crippen LogP contribution in [0.15, 0.2) is 83.8 Å². The Hall–Kier alpha value is -3.49. The number of aliphatic hydroxyl groups is 1. The summed E-state index contributed by atoms with van der Waals surface area (Å²) in [4.78, 5) is 26.6. The van der Waals surface area contributed by atoms with Crippen LogP contribution in [0.1, 0.15) is 77.5 Å². The first-order chi connectivity index (χ1) is 18.9. The molecule has 2 aliphatic rings. The summed E-state index contributed by atoms with van der Waals surface area (Å²) in [6.45, 7) is -0.274. The maximum Gasteiger partial charge on any atom is 0.269 e. The minimum Gasteiger partial charge on any atom is -0.394 e. The van der Waals surface area contributed by atoms with Crippen molar-refractivity contribution in [3.63, 3.8) is 0 Å². The second-order valence-electron chi connectivity index (χ2n) is 10.4. The molecule has 2 atom stereocenters. The first-order valence-corrected chi connectivity index (χ1v) is 15.1. The van der Waals surface area contributed by atoms with Gasteiger partial charge in [-0.3, -0.25) is 9.59 Å². The zero-order chi connectivity index (χ0) is 27.4. The van der Waals surface area contributed by atoms with Crippen molar-refractivity contribution in [1.82, 2.24) is 9.62 Å². The van der Waals surface area contributed by atoms with E-state index in [-0.39, 0.29) is 35.4 Å². The molecule has 39 heavy (non-hydrogen) atoms. The third kappa shape index (κ3) is 5.63. The van der Waals surface area contributed by atoms with Gasteiger partial charge in [-0.1, -0.05) is 92.4 Å². The highest BCUT2D eigenvalue weighted by molar-refractivity contribution is 7.90. The largest absolute Gasteiger partial charge is 0.394 e. The van der Waals surface area contributed by atoms with Gasteiger partial charge in [-0.2, -0.15) is 0 Å². The summed E-state index contributed by atoms with van der Waals surface area (Å²) in [7, 11) is -3.90. The molecule has 1 heterocycles. The highest BCUT2D eigenvalue weighted by atomic mass is 32.2. The van der Waals surface area contributed by atoms with Gasteiger partial charge >= 0.3 is 0 Å². The number of fused-ring (bicyclic) bond motifs is 1. The SMILES string of the molecule is O=C(NC(CO)c1ccccc1)C(c1ccc(CN2C(=O)c3ccccc3S2(=O)=O)cc1)C1CCCCCC1. The summed E-state index contributed by atoms with van der Waals surface area (Å²) in [5.74, 6) is -0.869. The molecule has 7 nitrogen and oxygen atoms in total. The van der Waals surface area contributed by atoms with E-state index in [0.29, 0.717) is 5.56 Å². The second kappa shape index (κ2) is 11.7. The van der Waals surface area contributed by atoms with Crippen molar-refractivity contribution in [2.75, 3.05) is 6.61 Å². The molecule has 2 amide bonds. The van der Waals surface area contributed by atoms with Crippen LogP contribution < -0.4 is 5.32 Å². The number of benzene rings is 3. The standard InChI is InChI=1S/C31H34N2O5S/c34-21-27(23-10-6-3-7-11-23)32-30(35)29(24-12-4-1-2-5-13-24)25-18-16-22(17-19-25)20-33-31(36)26-14-8-9-15-28(26)39(33,37)38/h3,6-11,14-19,24,27,29,34H,1-2,4-5,12-13,20-21H2,(H,32,35). The number of nitrogens with one attached hydrogen (secondary N) is 1. The fraction of sp³-hybridized carbons (Fsp3) is 0.355. The van der Waals surface area contributed by atoms with Crippen LogP contribution in [0, 0.1) is 5.92 Å². The minimum absolute atomic E-state index is 0.0357. The Bertz CT molecular complexity index is 1410. The van der Waals surface area contributed by atoms with Crippen LogP contribution in [-0.4, -0.2) is 36.3 Å². The molecule has 0 aromatic heterocycles. The molecule has 5 rings (SSSR count). The summed E-state index contributed by atoms with van der Waals surface area (Å²) < 4.78 is 26.9. The Balaban J connectivity index is 1.38. The maximum absolute atomic E-state index is 13.8. The van der Waals surface area contributed by atoms with Crippen LogP contribution in [0.2, 0.25) is 0 Å². The third-order valence-electron chi connectivity index (χ3n) is 7.93. The van der Waals surface area contributed by atoms with E-state index in [9.17, 15) is 23.1 Å². The lowest BCUT2D eigenvalue weighted by Crippen LogP contribution is -2.37. The van der Waals surface area contributed by atoms with E-state index in [1.54, 1.807) is 24.3 Å². The van der Waals surface area contributed by atoms with Crippen LogP contribution >= 0.6 is 0 Å². The number of nitrogens with zero attached hydrogens (tertiary/aromatic N) is 1. The fourth-order valence-electron chi connectivity index (χ4n) is 5.85. The summed E-state index contributed by atoms with van der Waals surface area (Å²) in [6.07, 6.45) is 6.37. The summed E-state index contributed by atoms with van der Waals surface area (Å²) >= 11 is 0. The number of hydrogen-bond donors (Lipinski definition) is 2. The third-order valence-corrected chi connectivity index (χ3v) is 9.72. The van der Waals surface area contributed by atoms with Crippen molar-refractivity contribution in [2.45, 2.75) is 61.9 Å². The molecule has 2 unspecified atom stereocenters. The van der Waals surface area contributed by atoms with Crippen molar-refractivity contribution < 1.29 is 23.1 Å². The van der Waals surface area contributed by atoms with Gasteiger partial charge in [-0.05, 0) is 47.6 Å². The molecular formula is C31H34N2O5S. The monoisotopic (exact) mass is 546 g/mol. The van der Waals surface area contributed by atoms with Gasteiger partial charge in [-0.25, -0.2) is 12.7 Å². The Morgan fingerprint density at radius 3 is 2.15 bits per heavy atom. The first kappa shape index (κ1) is 27.1. The van der Waals surface area contributed by atoms with Gasteiger partial charge in [-0.15, -0.1) is 0 Å². The smallest absolute Gasteiger partial charge is 0.269 e. The molecule has 0 radical (unpaired) electrons. The number of aliphatic hydroxyl groups excluding tert-OH is 1. The van der Waals surface area contributed by atoms with Gasteiger partial charge in [0.1, 0.15) is 4.90 Å². The predicted octanol–water partition coefficient (Wildman–Crippen LogP) is 4.94. The number of carbonyl (C=O) groups is 2. The number of carbonyl (C=O) groups excluding carboxylic acids is 2. The average Bonchev–Trinajstić information content (AvgIpc) is 3.14. The quantitative estimate of drug-likeness (QED) is 0.390. The van der Waals surface area contributed by atoms with Gasteiger partial charge < -0.3 is 10.4 Å². The Morgan fingerprint density at radius 1 is 0.872 bits per heavy atom. The molecule has 3 aromatic rings. The normalized spacial score (nSPS) is 18.7. The molecule has 8 heteroatoms. The molecular weight excluding hydrogens is 512 g/mol. The fourth-order valence-corrected chi connectivity index (χ4v) is 7.40. The molecule has 2 N–H and O–H groups in total. The van der Waals surface area contributed by atoms with Crippen molar-refractivity contribution in [3.05, 3.63) is 101 Å². The van der Waals surface area contributed by atoms with E-state index in [1.807, 2.05) is 42.5 Å². The van der Waals surface area contributed by atoms with Gasteiger partial charge in [0, 0.05) is 0 Å². The molecule has 0 bridgehead atoms. The number of hydrogen-bond acceptors (Lipinski definition) is 5. The van der Waals surface area contributed by atoms with E-state index < -0.39 is 27.9 Å². The average molecular weight is 547 g/mol. The van der Waals surface area contributed by atoms with Crippen LogP contribution in [0.25, 0.3) is 0 Å². The van der Waals surface area contributed by atoms with E-state index in [2.05, 4.69) is 5.32 Å². The van der Waals surface area contributed by atoms with Gasteiger partial charge in [0.05, 0.1) is 30.7 Å². The molecule has 1 aliphatic carbocycles. The zero-order valence-corrected chi connectivity index (χ0v) is 22.6. The predicted molar refractivity (Wildman–Crippen MR) is 148 cm³/mol. The van der Waals surface area contributed by atoms with Crippen LogP contribution in [0.5, 0.6) is 0 Å². The first-order valence-electron chi connectivity index (χ1n) is 13.6. The molecule has 1 saturated carbocycles. The Morgan fingerprint density at radius 2 is 1.51 bits per heavy atom. The minimum atomic E-state index is -3.90. The molecule has 204 valence electrons. The Labute approximate surface area is 229 Å².